The van der Waals surface area contributed by atoms with Crippen LogP contribution in [0.2, 0.25) is 0 Å². The first-order chi connectivity index (χ1) is 10.5. The number of benzene rings is 1. The molecule has 1 aromatic rings. The molecule has 0 amide bonds. The zero-order chi connectivity index (χ0) is 16.0. The van der Waals surface area contributed by atoms with E-state index in [4.69, 9.17) is 4.74 Å². The fraction of sp³-hybridized carbons (Fsp3) is 0.647. The van der Waals surface area contributed by atoms with E-state index in [-0.39, 0.29) is 0 Å². The molecular formula is C17H29N3O2. The molecule has 2 N–H and O–H groups in total. The lowest BCUT2D eigenvalue weighted by Gasteiger charge is -2.31. The van der Waals surface area contributed by atoms with Crippen LogP contribution in [-0.2, 0) is 11.3 Å². The molecule has 0 aliphatic carbocycles. The van der Waals surface area contributed by atoms with E-state index >= 15 is 0 Å². The third kappa shape index (κ3) is 5.25. The molecule has 5 nitrogen and oxygen atoms in total. The number of nitrogens with one attached hydrogen (secondary N) is 1. The minimum Gasteiger partial charge on any atom is -0.388 e. The largest absolute Gasteiger partial charge is 0.388 e. The Bertz CT molecular complexity index is 457. The highest BCUT2D eigenvalue weighted by Crippen LogP contribution is 2.21. The number of hydrogen-bond acceptors (Lipinski definition) is 5. The standard InChI is InChI=1S/C17H29N3O2/c1-17(21,14-19(2)3)13-18-12-15-6-4-5-7-16(15)20-8-10-22-11-9-20/h4-7,18,21H,8-14H2,1-3H3. The summed E-state index contributed by atoms with van der Waals surface area (Å²) in [6, 6.07) is 8.47. The lowest BCUT2D eigenvalue weighted by molar-refractivity contribution is 0.0336. The van der Waals surface area contributed by atoms with E-state index in [1.807, 2.05) is 25.9 Å². The van der Waals surface area contributed by atoms with E-state index in [2.05, 4.69) is 34.5 Å². The summed E-state index contributed by atoms with van der Waals surface area (Å²) in [5, 5.41) is 13.7. The molecular weight excluding hydrogens is 278 g/mol. The van der Waals surface area contributed by atoms with Crippen molar-refractivity contribution in [3.05, 3.63) is 29.8 Å². The molecule has 1 fully saturated rings. The Balaban J connectivity index is 1.92. The molecule has 0 radical (unpaired) electrons. The highest BCUT2D eigenvalue weighted by atomic mass is 16.5. The highest BCUT2D eigenvalue weighted by Gasteiger charge is 2.21. The van der Waals surface area contributed by atoms with Crippen molar-refractivity contribution in [2.24, 2.45) is 0 Å². The number of anilines is 1. The molecule has 1 aliphatic rings. The summed E-state index contributed by atoms with van der Waals surface area (Å²) in [5.41, 5.74) is 1.81. The SMILES string of the molecule is CN(C)CC(C)(O)CNCc1ccccc1N1CCOCC1. The van der Waals surface area contributed by atoms with Gasteiger partial charge in [-0.15, -0.1) is 0 Å². The van der Waals surface area contributed by atoms with Crippen LogP contribution in [-0.4, -0.2) is 69.1 Å². The van der Waals surface area contributed by atoms with Crippen molar-refractivity contribution in [3.63, 3.8) is 0 Å². The van der Waals surface area contributed by atoms with Crippen LogP contribution in [0.3, 0.4) is 0 Å². The quantitative estimate of drug-likeness (QED) is 0.785. The van der Waals surface area contributed by atoms with Crippen LogP contribution in [0.25, 0.3) is 0 Å². The van der Waals surface area contributed by atoms with Gasteiger partial charge in [0.15, 0.2) is 0 Å². The molecule has 22 heavy (non-hydrogen) atoms. The normalized spacial score (nSPS) is 18.5. The van der Waals surface area contributed by atoms with Gasteiger partial charge < -0.3 is 25.0 Å². The maximum absolute atomic E-state index is 10.3. The third-order valence-electron chi connectivity index (χ3n) is 3.82. The molecule has 0 bridgehead atoms. The molecule has 1 atom stereocenters. The van der Waals surface area contributed by atoms with Gasteiger partial charge in [-0.25, -0.2) is 0 Å². The van der Waals surface area contributed by atoms with Crippen LogP contribution < -0.4 is 10.2 Å². The minimum absolute atomic E-state index is 0.572. The van der Waals surface area contributed by atoms with E-state index in [1.54, 1.807) is 0 Å². The van der Waals surface area contributed by atoms with E-state index in [9.17, 15) is 5.11 Å². The molecule has 1 saturated heterocycles. The second-order valence-corrected chi connectivity index (χ2v) is 6.57. The Morgan fingerprint density at radius 2 is 1.95 bits per heavy atom. The monoisotopic (exact) mass is 307 g/mol. The molecule has 5 heteroatoms. The van der Waals surface area contributed by atoms with Gasteiger partial charge in [-0.2, -0.15) is 0 Å². The van der Waals surface area contributed by atoms with Crippen LogP contribution in [0.1, 0.15) is 12.5 Å². The van der Waals surface area contributed by atoms with Gasteiger partial charge in [0.05, 0.1) is 18.8 Å². The van der Waals surface area contributed by atoms with Gasteiger partial charge in [0.2, 0.25) is 0 Å². The lowest BCUT2D eigenvalue weighted by Crippen LogP contribution is -2.45. The Morgan fingerprint density at radius 3 is 2.64 bits per heavy atom. The van der Waals surface area contributed by atoms with Gasteiger partial charge in [0, 0.05) is 38.4 Å². The van der Waals surface area contributed by atoms with Crippen molar-refractivity contribution >= 4 is 5.69 Å². The summed E-state index contributed by atoms with van der Waals surface area (Å²) < 4.78 is 5.43. The van der Waals surface area contributed by atoms with Gasteiger partial charge in [-0.3, -0.25) is 0 Å². The summed E-state index contributed by atoms with van der Waals surface area (Å²) in [4.78, 5) is 4.38. The van der Waals surface area contributed by atoms with Gasteiger partial charge in [-0.05, 0) is 32.6 Å². The number of nitrogens with zero attached hydrogens (tertiary/aromatic N) is 2. The number of aliphatic hydroxyl groups is 1. The van der Waals surface area contributed by atoms with Gasteiger partial charge in [0.1, 0.15) is 0 Å². The molecule has 0 saturated carbocycles. The first-order valence-electron chi connectivity index (χ1n) is 7.96. The van der Waals surface area contributed by atoms with E-state index in [1.165, 1.54) is 11.3 Å². The van der Waals surface area contributed by atoms with E-state index in [0.717, 1.165) is 32.8 Å². The molecule has 1 aliphatic heterocycles. The molecule has 1 aromatic carbocycles. The average molecular weight is 307 g/mol. The van der Waals surface area contributed by atoms with Crippen molar-refractivity contribution in [3.8, 4) is 0 Å². The first-order valence-corrected chi connectivity index (χ1v) is 7.96. The highest BCUT2D eigenvalue weighted by molar-refractivity contribution is 5.53. The van der Waals surface area contributed by atoms with Gasteiger partial charge in [0.25, 0.3) is 0 Å². The summed E-state index contributed by atoms with van der Waals surface area (Å²) in [5.74, 6) is 0. The number of morpholine rings is 1. The number of likely N-dealkylation sites (N-methyl/N-ethyl adjacent to an activating group) is 1. The summed E-state index contributed by atoms with van der Waals surface area (Å²) >= 11 is 0. The topological polar surface area (TPSA) is 48.0 Å². The zero-order valence-corrected chi connectivity index (χ0v) is 14.0. The summed E-state index contributed by atoms with van der Waals surface area (Å²) in [6.45, 7) is 7.31. The predicted molar refractivity (Wildman–Crippen MR) is 90.4 cm³/mol. The molecule has 1 unspecified atom stereocenters. The third-order valence-corrected chi connectivity index (χ3v) is 3.82. The summed E-state index contributed by atoms with van der Waals surface area (Å²) in [7, 11) is 3.95. The van der Waals surface area contributed by atoms with Gasteiger partial charge >= 0.3 is 0 Å². The molecule has 124 valence electrons. The lowest BCUT2D eigenvalue weighted by atomic mass is 10.1. The van der Waals surface area contributed by atoms with Crippen molar-refractivity contribution in [1.29, 1.82) is 0 Å². The summed E-state index contributed by atoms with van der Waals surface area (Å²) in [6.07, 6.45) is 0. The Labute approximate surface area is 133 Å². The molecule has 2 rings (SSSR count). The average Bonchev–Trinajstić information content (AvgIpc) is 2.47. The van der Waals surface area contributed by atoms with Crippen molar-refractivity contribution < 1.29 is 9.84 Å². The fourth-order valence-electron chi connectivity index (χ4n) is 2.98. The Hall–Kier alpha value is -1.14. The zero-order valence-electron chi connectivity index (χ0n) is 14.0. The van der Waals surface area contributed by atoms with Crippen LogP contribution in [0.5, 0.6) is 0 Å². The van der Waals surface area contributed by atoms with Crippen LogP contribution in [0.4, 0.5) is 5.69 Å². The predicted octanol–water partition coefficient (Wildman–Crippen LogP) is 0.925. The van der Waals surface area contributed by atoms with Crippen molar-refractivity contribution in [2.75, 3.05) is 58.4 Å². The van der Waals surface area contributed by atoms with Crippen LogP contribution in [0, 0.1) is 0 Å². The minimum atomic E-state index is -0.725. The number of ether oxygens (including phenoxy) is 1. The molecule has 0 aromatic heterocycles. The Kier molecular flexibility index (Phi) is 6.20. The van der Waals surface area contributed by atoms with Crippen molar-refractivity contribution in [2.45, 2.75) is 19.1 Å². The number of hydrogen-bond donors (Lipinski definition) is 2. The second-order valence-electron chi connectivity index (χ2n) is 6.57. The molecule has 1 heterocycles. The smallest absolute Gasteiger partial charge is 0.0869 e. The maximum Gasteiger partial charge on any atom is 0.0869 e. The van der Waals surface area contributed by atoms with E-state index < -0.39 is 5.60 Å². The maximum atomic E-state index is 10.3. The van der Waals surface area contributed by atoms with E-state index in [0.29, 0.717) is 13.1 Å². The second kappa shape index (κ2) is 7.92. The van der Waals surface area contributed by atoms with Crippen LogP contribution in [0.15, 0.2) is 24.3 Å². The number of para-hydroxylation sites is 1. The van der Waals surface area contributed by atoms with Crippen LogP contribution >= 0.6 is 0 Å². The molecule has 0 spiro atoms. The first kappa shape index (κ1) is 17.2. The number of rotatable bonds is 7. The van der Waals surface area contributed by atoms with Crippen molar-refractivity contribution in [1.82, 2.24) is 10.2 Å². The van der Waals surface area contributed by atoms with Gasteiger partial charge in [-0.1, -0.05) is 18.2 Å². The Morgan fingerprint density at radius 1 is 1.27 bits per heavy atom. The fourth-order valence-corrected chi connectivity index (χ4v) is 2.98.